The van der Waals surface area contributed by atoms with E-state index in [1.165, 1.54) is 32.1 Å². The Morgan fingerprint density at radius 2 is 1.78 bits per heavy atom. The Morgan fingerprint density at radius 1 is 1.11 bits per heavy atom. The summed E-state index contributed by atoms with van der Waals surface area (Å²) in [5, 5.41) is 9.97. The van der Waals surface area contributed by atoms with Crippen molar-refractivity contribution in [3.63, 3.8) is 0 Å². The SMILES string of the molecule is COc1ccc(CN2CCCCCCC2)c(O)c1. The van der Waals surface area contributed by atoms with E-state index in [-0.39, 0.29) is 0 Å². The van der Waals surface area contributed by atoms with Crippen molar-refractivity contribution in [1.82, 2.24) is 4.90 Å². The average Bonchev–Trinajstić information content (AvgIpc) is 2.34. The number of ether oxygens (including phenoxy) is 1. The molecule has 2 rings (SSSR count). The van der Waals surface area contributed by atoms with Crippen LogP contribution in [0.3, 0.4) is 0 Å². The fourth-order valence-corrected chi connectivity index (χ4v) is 2.52. The van der Waals surface area contributed by atoms with Gasteiger partial charge in [-0.2, -0.15) is 0 Å². The second-order valence-corrected chi connectivity index (χ2v) is 5.04. The highest BCUT2D eigenvalue weighted by atomic mass is 16.5. The Hall–Kier alpha value is -1.22. The zero-order valence-corrected chi connectivity index (χ0v) is 11.2. The molecule has 100 valence electrons. The van der Waals surface area contributed by atoms with Gasteiger partial charge in [-0.3, -0.25) is 4.90 Å². The van der Waals surface area contributed by atoms with E-state index in [0.29, 0.717) is 11.5 Å². The summed E-state index contributed by atoms with van der Waals surface area (Å²) in [6, 6.07) is 5.57. The zero-order valence-electron chi connectivity index (χ0n) is 11.2. The number of nitrogens with zero attached hydrogens (tertiary/aromatic N) is 1. The van der Waals surface area contributed by atoms with Crippen molar-refractivity contribution < 1.29 is 9.84 Å². The van der Waals surface area contributed by atoms with Gasteiger partial charge >= 0.3 is 0 Å². The molecule has 0 aromatic heterocycles. The number of phenols is 1. The predicted octanol–water partition coefficient (Wildman–Crippen LogP) is 3.17. The lowest BCUT2D eigenvalue weighted by molar-refractivity contribution is 0.237. The molecule has 0 spiro atoms. The van der Waals surface area contributed by atoms with Crippen molar-refractivity contribution >= 4 is 0 Å². The van der Waals surface area contributed by atoms with E-state index in [0.717, 1.165) is 25.2 Å². The molecular weight excluding hydrogens is 226 g/mol. The van der Waals surface area contributed by atoms with Crippen LogP contribution < -0.4 is 4.74 Å². The van der Waals surface area contributed by atoms with Gasteiger partial charge in [-0.15, -0.1) is 0 Å². The summed E-state index contributed by atoms with van der Waals surface area (Å²) in [5.41, 5.74) is 0.997. The Balaban J connectivity index is 1.98. The molecule has 0 bridgehead atoms. The van der Waals surface area contributed by atoms with E-state index >= 15 is 0 Å². The third kappa shape index (κ3) is 3.64. The first-order valence-electron chi connectivity index (χ1n) is 6.88. The van der Waals surface area contributed by atoms with Crippen LogP contribution in [-0.2, 0) is 6.54 Å². The Kier molecular flexibility index (Phi) is 4.88. The molecule has 1 N–H and O–H groups in total. The maximum atomic E-state index is 9.97. The highest BCUT2D eigenvalue weighted by Crippen LogP contribution is 2.25. The summed E-state index contributed by atoms with van der Waals surface area (Å²) >= 11 is 0. The van der Waals surface area contributed by atoms with Gasteiger partial charge in [0.25, 0.3) is 0 Å². The van der Waals surface area contributed by atoms with Crippen LogP contribution in [0.1, 0.15) is 37.7 Å². The van der Waals surface area contributed by atoms with Crippen LogP contribution in [0.15, 0.2) is 18.2 Å². The van der Waals surface area contributed by atoms with Crippen LogP contribution in [-0.4, -0.2) is 30.2 Å². The quantitative estimate of drug-likeness (QED) is 0.893. The van der Waals surface area contributed by atoms with Gasteiger partial charge in [-0.05, 0) is 32.0 Å². The lowest BCUT2D eigenvalue weighted by Crippen LogP contribution is -2.26. The normalized spacial score (nSPS) is 18.1. The number of likely N-dealkylation sites (tertiary alicyclic amines) is 1. The Bertz CT molecular complexity index is 371. The molecule has 0 unspecified atom stereocenters. The summed E-state index contributed by atoms with van der Waals surface area (Å²) in [6.07, 6.45) is 6.60. The van der Waals surface area contributed by atoms with Crippen LogP contribution in [0.2, 0.25) is 0 Å². The maximum absolute atomic E-state index is 9.97. The summed E-state index contributed by atoms with van der Waals surface area (Å²) in [6.45, 7) is 3.13. The van der Waals surface area contributed by atoms with Gasteiger partial charge in [0.05, 0.1) is 7.11 Å². The monoisotopic (exact) mass is 249 g/mol. The molecule has 0 atom stereocenters. The molecule has 1 aliphatic heterocycles. The first-order valence-corrected chi connectivity index (χ1v) is 6.88. The van der Waals surface area contributed by atoms with E-state index in [1.54, 1.807) is 13.2 Å². The second-order valence-electron chi connectivity index (χ2n) is 5.04. The van der Waals surface area contributed by atoms with Crippen LogP contribution in [0, 0.1) is 0 Å². The Labute approximate surface area is 109 Å². The first-order chi connectivity index (χ1) is 8.79. The smallest absolute Gasteiger partial charge is 0.123 e. The Morgan fingerprint density at radius 3 is 2.39 bits per heavy atom. The number of phenolic OH excluding ortho intramolecular Hbond substituents is 1. The molecule has 1 aromatic carbocycles. The third-order valence-electron chi connectivity index (χ3n) is 3.64. The summed E-state index contributed by atoms with van der Waals surface area (Å²) < 4.78 is 5.10. The molecule has 0 saturated carbocycles. The number of hydrogen-bond acceptors (Lipinski definition) is 3. The van der Waals surface area contributed by atoms with Crippen molar-refractivity contribution in [2.75, 3.05) is 20.2 Å². The minimum Gasteiger partial charge on any atom is -0.507 e. The van der Waals surface area contributed by atoms with E-state index < -0.39 is 0 Å². The molecule has 1 aromatic rings. The van der Waals surface area contributed by atoms with E-state index in [4.69, 9.17) is 4.74 Å². The minimum absolute atomic E-state index is 0.344. The van der Waals surface area contributed by atoms with Crippen molar-refractivity contribution in [2.45, 2.75) is 38.6 Å². The molecule has 0 aliphatic carbocycles. The molecule has 3 heteroatoms. The second kappa shape index (κ2) is 6.64. The van der Waals surface area contributed by atoms with Gasteiger partial charge in [-0.25, -0.2) is 0 Å². The lowest BCUT2D eigenvalue weighted by atomic mass is 10.1. The van der Waals surface area contributed by atoms with Crippen molar-refractivity contribution in [1.29, 1.82) is 0 Å². The molecule has 18 heavy (non-hydrogen) atoms. The fraction of sp³-hybridized carbons (Fsp3) is 0.600. The third-order valence-corrected chi connectivity index (χ3v) is 3.64. The van der Waals surface area contributed by atoms with Crippen molar-refractivity contribution in [2.24, 2.45) is 0 Å². The predicted molar refractivity (Wildman–Crippen MR) is 73.0 cm³/mol. The summed E-state index contributed by atoms with van der Waals surface area (Å²) in [7, 11) is 1.62. The molecule has 0 radical (unpaired) electrons. The van der Waals surface area contributed by atoms with Crippen LogP contribution in [0.25, 0.3) is 0 Å². The van der Waals surface area contributed by atoms with Gasteiger partial charge in [0.15, 0.2) is 0 Å². The van der Waals surface area contributed by atoms with E-state index in [9.17, 15) is 5.11 Å². The van der Waals surface area contributed by atoms with Gasteiger partial charge in [0.2, 0.25) is 0 Å². The molecule has 1 saturated heterocycles. The molecule has 1 fully saturated rings. The van der Waals surface area contributed by atoms with Gasteiger partial charge in [0.1, 0.15) is 11.5 Å². The summed E-state index contributed by atoms with van der Waals surface area (Å²) in [5.74, 6) is 1.06. The maximum Gasteiger partial charge on any atom is 0.123 e. The van der Waals surface area contributed by atoms with Crippen LogP contribution in [0.5, 0.6) is 11.5 Å². The molecule has 1 aliphatic rings. The number of rotatable bonds is 3. The molecular formula is C15H23NO2. The number of benzene rings is 1. The van der Waals surface area contributed by atoms with Gasteiger partial charge in [-0.1, -0.05) is 25.3 Å². The minimum atomic E-state index is 0.344. The van der Waals surface area contributed by atoms with E-state index in [2.05, 4.69) is 4.90 Å². The molecule has 1 heterocycles. The molecule has 0 amide bonds. The van der Waals surface area contributed by atoms with E-state index in [1.807, 2.05) is 12.1 Å². The highest BCUT2D eigenvalue weighted by molar-refractivity contribution is 5.39. The average molecular weight is 249 g/mol. The van der Waals surface area contributed by atoms with Gasteiger partial charge in [0, 0.05) is 18.2 Å². The molecule has 3 nitrogen and oxygen atoms in total. The number of methoxy groups -OCH3 is 1. The van der Waals surface area contributed by atoms with Gasteiger partial charge < -0.3 is 9.84 Å². The first kappa shape index (κ1) is 13.2. The zero-order chi connectivity index (χ0) is 12.8. The topological polar surface area (TPSA) is 32.7 Å². The highest BCUT2D eigenvalue weighted by Gasteiger charge is 2.11. The largest absolute Gasteiger partial charge is 0.507 e. The lowest BCUT2D eigenvalue weighted by Gasteiger charge is -2.24. The van der Waals surface area contributed by atoms with Crippen molar-refractivity contribution in [3.8, 4) is 11.5 Å². The fourth-order valence-electron chi connectivity index (χ4n) is 2.52. The van der Waals surface area contributed by atoms with Crippen LogP contribution in [0.4, 0.5) is 0 Å². The van der Waals surface area contributed by atoms with Crippen LogP contribution >= 0.6 is 0 Å². The standard InChI is InChI=1S/C15H23NO2/c1-18-14-8-7-13(15(17)11-14)12-16-9-5-3-2-4-6-10-16/h7-8,11,17H,2-6,9-10,12H2,1H3. The number of aromatic hydroxyl groups is 1. The number of hydrogen-bond donors (Lipinski definition) is 1. The summed E-state index contributed by atoms with van der Waals surface area (Å²) in [4.78, 5) is 2.45. The van der Waals surface area contributed by atoms with Crippen molar-refractivity contribution in [3.05, 3.63) is 23.8 Å².